The largest absolute Gasteiger partial charge is 0.493 e. The van der Waals surface area contributed by atoms with Gasteiger partial charge in [-0.25, -0.2) is 4.99 Å². The van der Waals surface area contributed by atoms with Crippen molar-refractivity contribution in [2.24, 2.45) is 10.9 Å². The molecule has 1 heterocycles. The fraction of sp³-hybridized carbons (Fsp3) is 0.212. The van der Waals surface area contributed by atoms with E-state index in [2.05, 4.69) is 45.0 Å². The van der Waals surface area contributed by atoms with Crippen molar-refractivity contribution in [2.45, 2.75) is 27.2 Å². The fourth-order valence-electron chi connectivity index (χ4n) is 4.35. The lowest BCUT2D eigenvalue weighted by Gasteiger charge is -2.15. The Labute approximate surface area is 229 Å². The second-order valence-corrected chi connectivity index (χ2v) is 10.9. The number of ether oxygens (including phenoxy) is 1. The Morgan fingerprint density at radius 3 is 2.34 bits per heavy atom. The number of benzene rings is 4. The van der Waals surface area contributed by atoms with Crippen molar-refractivity contribution in [2.75, 3.05) is 13.2 Å². The van der Waals surface area contributed by atoms with Gasteiger partial charge in [0, 0.05) is 11.9 Å². The first-order valence-corrected chi connectivity index (χ1v) is 13.8. The summed E-state index contributed by atoms with van der Waals surface area (Å²) in [5.41, 5.74) is 4.21. The highest BCUT2D eigenvalue weighted by atomic mass is 32.2. The number of nitrogens with zero attached hydrogens (tertiary/aromatic N) is 2. The van der Waals surface area contributed by atoms with Gasteiger partial charge in [-0.15, -0.1) is 0 Å². The SMILES string of the molecule is Cc1ccc(N=C2S/C(=C/c3ccc(OCC(C)C)c4ccccc34)C(=O)N2CCc2ccccc2)cc1. The quantitative estimate of drug-likeness (QED) is 0.221. The molecule has 0 radical (unpaired) electrons. The van der Waals surface area contributed by atoms with Crippen LogP contribution in [-0.2, 0) is 11.2 Å². The summed E-state index contributed by atoms with van der Waals surface area (Å²) in [7, 11) is 0. The van der Waals surface area contributed by atoms with Crippen molar-refractivity contribution in [1.29, 1.82) is 0 Å². The lowest BCUT2D eigenvalue weighted by molar-refractivity contribution is -0.122. The summed E-state index contributed by atoms with van der Waals surface area (Å²) in [4.78, 5) is 21.1. The minimum Gasteiger partial charge on any atom is -0.493 e. The Hall–Kier alpha value is -3.83. The number of carbonyl (C=O) groups excluding carboxylic acids is 1. The number of amidine groups is 1. The summed E-state index contributed by atoms with van der Waals surface area (Å²) < 4.78 is 6.09. The van der Waals surface area contributed by atoms with Crippen molar-refractivity contribution in [3.63, 3.8) is 0 Å². The van der Waals surface area contributed by atoms with Gasteiger partial charge in [-0.2, -0.15) is 0 Å². The van der Waals surface area contributed by atoms with E-state index < -0.39 is 0 Å². The molecule has 0 aromatic heterocycles. The monoisotopic (exact) mass is 520 g/mol. The average molecular weight is 521 g/mol. The van der Waals surface area contributed by atoms with Crippen molar-refractivity contribution in [3.05, 3.63) is 113 Å². The van der Waals surface area contributed by atoms with Gasteiger partial charge >= 0.3 is 0 Å². The molecule has 1 aliphatic heterocycles. The maximum Gasteiger partial charge on any atom is 0.266 e. The molecule has 1 aliphatic rings. The van der Waals surface area contributed by atoms with Crippen molar-refractivity contribution in [1.82, 2.24) is 4.90 Å². The van der Waals surface area contributed by atoms with E-state index in [1.54, 1.807) is 0 Å². The molecule has 5 rings (SSSR count). The summed E-state index contributed by atoms with van der Waals surface area (Å²) in [6.07, 6.45) is 2.76. The van der Waals surface area contributed by atoms with Gasteiger partial charge in [0.05, 0.1) is 17.2 Å². The topological polar surface area (TPSA) is 41.9 Å². The van der Waals surface area contributed by atoms with E-state index in [4.69, 9.17) is 9.73 Å². The third-order valence-corrected chi connectivity index (χ3v) is 7.40. The molecule has 1 fully saturated rings. The van der Waals surface area contributed by atoms with E-state index in [-0.39, 0.29) is 5.91 Å². The summed E-state index contributed by atoms with van der Waals surface area (Å²) >= 11 is 1.44. The molecule has 5 heteroatoms. The van der Waals surface area contributed by atoms with Gasteiger partial charge in [0.2, 0.25) is 0 Å². The number of hydrogen-bond donors (Lipinski definition) is 0. The van der Waals surface area contributed by atoms with Gasteiger partial charge in [-0.1, -0.05) is 92.2 Å². The highest BCUT2D eigenvalue weighted by Crippen LogP contribution is 2.37. The number of fused-ring (bicyclic) bond motifs is 1. The van der Waals surface area contributed by atoms with Crippen molar-refractivity contribution < 1.29 is 9.53 Å². The molecule has 0 atom stereocenters. The van der Waals surface area contributed by atoms with E-state index in [1.165, 1.54) is 22.9 Å². The van der Waals surface area contributed by atoms with Gasteiger partial charge in [0.1, 0.15) is 5.75 Å². The van der Waals surface area contributed by atoms with Crippen LogP contribution in [0.25, 0.3) is 16.8 Å². The number of hydrogen-bond acceptors (Lipinski definition) is 4. The summed E-state index contributed by atoms with van der Waals surface area (Å²) in [6.45, 7) is 7.57. The molecule has 1 saturated heterocycles. The third kappa shape index (κ3) is 6.00. The molecule has 4 nitrogen and oxygen atoms in total. The Kier molecular flexibility index (Phi) is 7.94. The second-order valence-electron chi connectivity index (χ2n) is 9.94. The van der Waals surface area contributed by atoms with E-state index in [1.807, 2.05) is 77.7 Å². The van der Waals surface area contributed by atoms with Crippen LogP contribution in [0.3, 0.4) is 0 Å². The van der Waals surface area contributed by atoms with Gasteiger partial charge in [-0.05, 0) is 71.8 Å². The minimum atomic E-state index is -0.0130. The van der Waals surface area contributed by atoms with E-state index in [9.17, 15) is 4.79 Å². The van der Waals surface area contributed by atoms with E-state index >= 15 is 0 Å². The van der Waals surface area contributed by atoms with Crippen LogP contribution in [0.1, 0.15) is 30.5 Å². The molecule has 0 unspecified atom stereocenters. The molecule has 0 spiro atoms. The predicted octanol–water partition coefficient (Wildman–Crippen LogP) is 8.03. The van der Waals surface area contributed by atoms with Crippen LogP contribution in [0.2, 0.25) is 0 Å². The lowest BCUT2D eigenvalue weighted by atomic mass is 10.0. The average Bonchev–Trinajstić information content (AvgIpc) is 3.22. The number of aliphatic imine (C=N–C) groups is 1. The summed E-state index contributed by atoms with van der Waals surface area (Å²) in [5, 5.41) is 2.82. The van der Waals surface area contributed by atoms with Crippen LogP contribution < -0.4 is 4.74 Å². The molecule has 1 amide bonds. The second kappa shape index (κ2) is 11.7. The Morgan fingerprint density at radius 1 is 0.895 bits per heavy atom. The highest BCUT2D eigenvalue weighted by Gasteiger charge is 2.33. The normalized spacial score (nSPS) is 15.8. The number of rotatable bonds is 8. The molecule has 0 N–H and O–H groups in total. The van der Waals surface area contributed by atoms with Gasteiger partial charge < -0.3 is 4.74 Å². The third-order valence-electron chi connectivity index (χ3n) is 6.39. The molecule has 0 aliphatic carbocycles. The van der Waals surface area contributed by atoms with Gasteiger partial charge in [0.25, 0.3) is 5.91 Å². The van der Waals surface area contributed by atoms with Gasteiger partial charge in [-0.3, -0.25) is 9.69 Å². The zero-order chi connectivity index (χ0) is 26.5. The molecule has 4 aromatic carbocycles. The molecule has 38 heavy (non-hydrogen) atoms. The van der Waals surface area contributed by atoms with E-state index in [0.717, 1.165) is 34.2 Å². The first kappa shape index (κ1) is 25.8. The van der Waals surface area contributed by atoms with Crippen molar-refractivity contribution >= 4 is 45.4 Å². The number of carbonyl (C=O) groups is 1. The summed E-state index contributed by atoms with van der Waals surface area (Å²) in [5.74, 6) is 1.30. The number of amides is 1. The smallest absolute Gasteiger partial charge is 0.266 e. The highest BCUT2D eigenvalue weighted by molar-refractivity contribution is 8.18. The first-order valence-electron chi connectivity index (χ1n) is 13.0. The van der Waals surface area contributed by atoms with Crippen LogP contribution >= 0.6 is 11.8 Å². The molecular weight excluding hydrogens is 488 g/mol. The van der Waals surface area contributed by atoms with Crippen LogP contribution in [-0.4, -0.2) is 29.1 Å². The standard InChI is InChI=1S/C33H32N2O2S/c1-23(2)22-37-30-18-15-26(28-11-7-8-12-29(28)30)21-31-32(36)35(20-19-25-9-5-4-6-10-25)33(38-31)34-27-16-13-24(3)14-17-27/h4-18,21,23H,19-20,22H2,1-3H3/b31-21+,34-33?. The molecular formula is C33H32N2O2S. The lowest BCUT2D eigenvalue weighted by Crippen LogP contribution is -2.31. The zero-order valence-electron chi connectivity index (χ0n) is 22.1. The molecule has 0 saturated carbocycles. The number of aryl methyl sites for hydroxylation is 1. The van der Waals surface area contributed by atoms with E-state index in [0.29, 0.717) is 29.1 Å². The maximum atomic E-state index is 13.7. The van der Waals surface area contributed by atoms with Gasteiger partial charge in [0.15, 0.2) is 5.17 Å². The first-order chi connectivity index (χ1) is 18.5. The zero-order valence-corrected chi connectivity index (χ0v) is 22.9. The van der Waals surface area contributed by atoms with Crippen molar-refractivity contribution in [3.8, 4) is 5.75 Å². The Morgan fingerprint density at radius 2 is 1.61 bits per heavy atom. The maximum absolute atomic E-state index is 13.7. The van der Waals surface area contributed by atoms with Crippen LogP contribution in [0.4, 0.5) is 5.69 Å². The molecule has 4 aromatic rings. The molecule has 0 bridgehead atoms. The molecule has 192 valence electrons. The Bertz CT molecular complexity index is 1490. The van der Waals surface area contributed by atoms with Crippen LogP contribution in [0.5, 0.6) is 5.75 Å². The number of thioether (sulfide) groups is 1. The van der Waals surface area contributed by atoms with Crippen LogP contribution in [0, 0.1) is 12.8 Å². The minimum absolute atomic E-state index is 0.0130. The van der Waals surface area contributed by atoms with Crippen LogP contribution in [0.15, 0.2) is 101 Å². The summed E-state index contributed by atoms with van der Waals surface area (Å²) in [6, 6.07) is 30.6. The Balaban J connectivity index is 1.49. The predicted molar refractivity (Wildman–Crippen MR) is 160 cm³/mol. The fourth-order valence-corrected chi connectivity index (χ4v) is 5.36.